The minimum absolute atomic E-state index is 0.0809. The van der Waals surface area contributed by atoms with Gasteiger partial charge in [-0.1, -0.05) is 46.6 Å². The fourth-order valence-corrected chi connectivity index (χ4v) is 1.96. The zero-order valence-electron chi connectivity index (χ0n) is 6.35. The first-order valence-electron chi connectivity index (χ1n) is 3.45. The largest absolute Gasteiger partial charge is 0.342 e. The lowest BCUT2D eigenvalue weighted by molar-refractivity contribution is -0.123. The molecule has 0 aromatic heterocycles. The number of carbonyl (C=O) groups excluding carboxylic acids is 2. The minimum Gasteiger partial charge on any atom is -0.342 e. The molecule has 1 amide bonds. The maximum Gasteiger partial charge on any atom is 0.272 e. The lowest BCUT2D eigenvalue weighted by atomic mass is 10.2. The first-order valence-corrected chi connectivity index (χ1v) is 5.57. The average molecular weight is 263 g/mol. The molecule has 1 aliphatic heterocycles. The molecule has 0 unspecified atom stereocenters. The number of rotatable bonds is 1. The van der Waals surface area contributed by atoms with Crippen molar-refractivity contribution in [2.75, 3.05) is 5.75 Å². The topological polar surface area (TPSA) is 46.2 Å². The van der Waals surface area contributed by atoms with Gasteiger partial charge in [0.05, 0.1) is 6.04 Å². The van der Waals surface area contributed by atoms with E-state index in [1.54, 1.807) is 0 Å². The summed E-state index contributed by atoms with van der Waals surface area (Å²) in [5, 5.41) is 2.28. The van der Waals surface area contributed by atoms with Crippen LogP contribution in [0, 0.1) is 0 Å². The maximum atomic E-state index is 11.1. The molecule has 0 saturated carbocycles. The predicted molar refractivity (Wildman–Crippen MR) is 54.3 cm³/mol. The molecule has 1 saturated heterocycles. The first kappa shape index (κ1) is 11.4. The molecule has 0 bridgehead atoms. The SMILES string of the molecule is O=C1SCC[C@@H]1NC(=O)C(Cl)(Cl)Cl. The van der Waals surface area contributed by atoms with Gasteiger partial charge in [0.1, 0.15) is 0 Å². The van der Waals surface area contributed by atoms with Gasteiger partial charge in [0.2, 0.25) is 5.12 Å². The van der Waals surface area contributed by atoms with E-state index in [9.17, 15) is 9.59 Å². The Labute approximate surface area is 94.5 Å². The van der Waals surface area contributed by atoms with Gasteiger partial charge in [0.15, 0.2) is 0 Å². The monoisotopic (exact) mass is 261 g/mol. The highest BCUT2D eigenvalue weighted by atomic mass is 35.6. The summed E-state index contributed by atoms with van der Waals surface area (Å²) in [5.41, 5.74) is 0. The molecule has 0 aromatic rings. The van der Waals surface area contributed by atoms with Gasteiger partial charge in [-0.2, -0.15) is 0 Å². The van der Waals surface area contributed by atoms with Crippen LogP contribution >= 0.6 is 46.6 Å². The van der Waals surface area contributed by atoms with Crippen LogP contribution in [0.3, 0.4) is 0 Å². The van der Waals surface area contributed by atoms with Gasteiger partial charge in [-0.3, -0.25) is 9.59 Å². The van der Waals surface area contributed by atoms with Crippen LogP contribution in [0.2, 0.25) is 0 Å². The average Bonchev–Trinajstić information content (AvgIpc) is 2.34. The number of carbonyl (C=O) groups is 2. The molecule has 13 heavy (non-hydrogen) atoms. The van der Waals surface area contributed by atoms with Crippen molar-refractivity contribution >= 4 is 57.6 Å². The fraction of sp³-hybridized carbons (Fsp3) is 0.667. The molecule has 1 rings (SSSR count). The molecule has 0 aliphatic carbocycles. The second kappa shape index (κ2) is 4.26. The quantitative estimate of drug-likeness (QED) is 0.729. The number of hydrogen-bond acceptors (Lipinski definition) is 3. The van der Waals surface area contributed by atoms with Crippen molar-refractivity contribution < 1.29 is 9.59 Å². The second-order valence-corrected chi connectivity index (χ2v) is 5.86. The highest BCUT2D eigenvalue weighted by Crippen LogP contribution is 2.27. The van der Waals surface area contributed by atoms with Crippen molar-refractivity contribution in [1.29, 1.82) is 0 Å². The highest BCUT2D eigenvalue weighted by molar-refractivity contribution is 8.14. The minimum atomic E-state index is -1.99. The number of hydrogen-bond donors (Lipinski definition) is 1. The van der Waals surface area contributed by atoms with Crippen molar-refractivity contribution in [3.63, 3.8) is 0 Å². The van der Waals surface area contributed by atoms with Crippen molar-refractivity contribution in [2.24, 2.45) is 0 Å². The van der Waals surface area contributed by atoms with E-state index in [0.29, 0.717) is 12.2 Å². The molecule has 0 radical (unpaired) electrons. The third-order valence-corrected chi connectivity index (χ3v) is 3.02. The molecular formula is C6H6Cl3NO2S. The third kappa shape index (κ3) is 3.20. The molecule has 0 spiro atoms. The van der Waals surface area contributed by atoms with E-state index < -0.39 is 15.7 Å². The Morgan fingerprint density at radius 3 is 2.54 bits per heavy atom. The van der Waals surface area contributed by atoms with Gasteiger partial charge in [-0.05, 0) is 6.42 Å². The number of thioether (sulfide) groups is 1. The Balaban J connectivity index is 2.49. The lowest BCUT2D eigenvalue weighted by Crippen LogP contribution is -2.43. The number of nitrogens with one attached hydrogen (secondary N) is 1. The van der Waals surface area contributed by atoms with Crippen LogP contribution in [0.25, 0.3) is 0 Å². The summed E-state index contributed by atoms with van der Waals surface area (Å²) in [7, 11) is 0. The zero-order chi connectivity index (χ0) is 10.1. The summed E-state index contributed by atoms with van der Waals surface area (Å²) in [6.45, 7) is 0. The second-order valence-electron chi connectivity index (χ2n) is 2.48. The zero-order valence-corrected chi connectivity index (χ0v) is 9.43. The molecule has 1 fully saturated rings. The Morgan fingerprint density at radius 2 is 2.15 bits per heavy atom. The Kier molecular flexibility index (Phi) is 3.74. The van der Waals surface area contributed by atoms with Crippen molar-refractivity contribution in [3.05, 3.63) is 0 Å². The van der Waals surface area contributed by atoms with Crippen LogP contribution in [0.1, 0.15) is 6.42 Å². The predicted octanol–water partition coefficient (Wildman–Crippen LogP) is 1.50. The smallest absolute Gasteiger partial charge is 0.272 e. The van der Waals surface area contributed by atoms with Crippen molar-refractivity contribution in [3.8, 4) is 0 Å². The van der Waals surface area contributed by atoms with Crippen molar-refractivity contribution in [1.82, 2.24) is 5.32 Å². The molecule has 3 nitrogen and oxygen atoms in total. The highest BCUT2D eigenvalue weighted by Gasteiger charge is 2.35. The molecule has 1 heterocycles. The number of alkyl halides is 3. The van der Waals surface area contributed by atoms with Gasteiger partial charge >= 0.3 is 0 Å². The molecule has 74 valence electrons. The first-order chi connectivity index (χ1) is 5.91. The van der Waals surface area contributed by atoms with Gasteiger partial charge < -0.3 is 5.32 Å². The molecule has 0 aromatic carbocycles. The summed E-state index contributed by atoms with van der Waals surface area (Å²) in [6, 6.07) is -0.506. The van der Waals surface area contributed by atoms with Crippen LogP contribution in [0.15, 0.2) is 0 Å². The lowest BCUT2D eigenvalue weighted by Gasteiger charge is -2.14. The summed E-state index contributed by atoms with van der Waals surface area (Å²) in [6.07, 6.45) is 0.593. The molecular weight excluding hydrogens is 256 g/mol. The van der Waals surface area contributed by atoms with Gasteiger partial charge in [0, 0.05) is 5.75 Å². The van der Waals surface area contributed by atoms with E-state index in [0.717, 1.165) is 0 Å². The molecule has 7 heteroatoms. The number of halogens is 3. The van der Waals surface area contributed by atoms with Crippen LogP contribution in [0.4, 0.5) is 0 Å². The van der Waals surface area contributed by atoms with Crippen LogP contribution in [-0.4, -0.2) is 26.6 Å². The number of amides is 1. The van der Waals surface area contributed by atoms with Crippen LogP contribution in [-0.2, 0) is 9.59 Å². The summed E-state index contributed by atoms with van der Waals surface area (Å²) < 4.78 is -1.99. The van der Waals surface area contributed by atoms with Crippen LogP contribution < -0.4 is 5.32 Å². The summed E-state index contributed by atoms with van der Waals surface area (Å²) >= 11 is 17.1. The summed E-state index contributed by atoms with van der Waals surface area (Å²) in [5.74, 6) is -0.0535. The van der Waals surface area contributed by atoms with E-state index in [2.05, 4.69) is 5.32 Å². The van der Waals surface area contributed by atoms with E-state index in [4.69, 9.17) is 34.8 Å². The maximum absolute atomic E-state index is 11.1. The van der Waals surface area contributed by atoms with Gasteiger partial charge in [0.25, 0.3) is 9.70 Å². The fourth-order valence-electron chi connectivity index (χ4n) is 0.867. The van der Waals surface area contributed by atoms with Crippen molar-refractivity contribution in [2.45, 2.75) is 16.3 Å². The van der Waals surface area contributed by atoms with E-state index in [1.807, 2.05) is 0 Å². The van der Waals surface area contributed by atoms with E-state index in [1.165, 1.54) is 11.8 Å². The Hall–Kier alpha value is 0.360. The summed E-state index contributed by atoms with van der Waals surface area (Å²) in [4.78, 5) is 22.2. The Morgan fingerprint density at radius 1 is 1.54 bits per heavy atom. The van der Waals surface area contributed by atoms with Gasteiger partial charge in [-0.15, -0.1) is 0 Å². The van der Waals surface area contributed by atoms with Crippen LogP contribution in [0.5, 0.6) is 0 Å². The standard InChI is InChI=1S/C6H6Cl3NO2S/c7-6(8,9)5(12)10-3-1-2-13-4(3)11/h3H,1-2H2,(H,10,12)/t3-/m0/s1. The van der Waals surface area contributed by atoms with E-state index >= 15 is 0 Å². The molecule has 1 atom stereocenters. The molecule has 1 aliphatic rings. The molecule has 1 N–H and O–H groups in total. The third-order valence-electron chi connectivity index (χ3n) is 1.50. The normalized spacial score (nSPS) is 23.3. The Bertz CT molecular complexity index is 241. The van der Waals surface area contributed by atoms with Gasteiger partial charge in [-0.25, -0.2) is 0 Å². The van der Waals surface area contributed by atoms with E-state index in [-0.39, 0.29) is 5.12 Å².